The molecule has 11 heteroatoms. The average molecular weight is 566 g/mol. The highest BCUT2D eigenvalue weighted by atomic mass is 79.9. The molecule has 2 heterocycles. The number of urea groups is 1. The zero-order valence-corrected chi connectivity index (χ0v) is 21.1. The van der Waals surface area contributed by atoms with Crippen LogP contribution in [0.3, 0.4) is 0 Å². The largest absolute Gasteiger partial charge is 0.454 e. The van der Waals surface area contributed by atoms with Crippen LogP contribution in [0.25, 0.3) is 10.6 Å². The minimum absolute atomic E-state index is 0.181. The van der Waals surface area contributed by atoms with Gasteiger partial charge in [0, 0.05) is 16.5 Å². The molecule has 0 spiro atoms. The van der Waals surface area contributed by atoms with Crippen molar-refractivity contribution in [3.8, 4) is 22.1 Å². The van der Waals surface area contributed by atoms with Crippen LogP contribution in [0.1, 0.15) is 5.56 Å². The van der Waals surface area contributed by atoms with Gasteiger partial charge in [-0.15, -0.1) is 10.2 Å². The van der Waals surface area contributed by atoms with Crippen LogP contribution in [0.4, 0.5) is 15.6 Å². The second-order valence-corrected chi connectivity index (χ2v) is 9.62. The molecule has 0 bridgehead atoms. The van der Waals surface area contributed by atoms with Gasteiger partial charge in [0.15, 0.2) is 11.5 Å². The quantitative estimate of drug-likeness (QED) is 0.288. The van der Waals surface area contributed by atoms with Gasteiger partial charge in [-0.3, -0.25) is 10.1 Å². The van der Waals surface area contributed by atoms with Gasteiger partial charge in [-0.1, -0.05) is 53.8 Å². The lowest BCUT2D eigenvalue weighted by atomic mass is 10.1. The first-order valence-corrected chi connectivity index (χ1v) is 12.6. The molecule has 4 aromatic rings. The van der Waals surface area contributed by atoms with E-state index in [-0.39, 0.29) is 6.79 Å². The molecule has 3 aromatic carbocycles. The molecular weight excluding hydrogens is 546 g/mol. The Bertz CT molecular complexity index is 1400. The van der Waals surface area contributed by atoms with Crippen LogP contribution in [0, 0.1) is 0 Å². The lowest BCUT2D eigenvalue weighted by Crippen LogP contribution is -2.47. The molecule has 0 radical (unpaired) electrons. The number of aromatic nitrogens is 2. The third-order valence-electron chi connectivity index (χ3n) is 5.30. The SMILES string of the molecule is O=C(Nc1ccccc1Br)N[C@@H](Cc1ccccc1)C(=O)Nc1nnc(-c2ccc3c(c2)OCO3)s1. The van der Waals surface area contributed by atoms with Crippen LogP contribution in [0.15, 0.2) is 77.3 Å². The van der Waals surface area contributed by atoms with E-state index in [1.54, 1.807) is 12.1 Å². The summed E-state index contributed by atoms with van der Waals surface area (Å²) in [5.74, 6) is 0.901. The van der Waals surface area contributed by atoms with E-state index in [9.17, 15) is 9.59 Å². The number of fused-ring (bicyclic) bond motifs is 1. The number of nitrogens with one attached hydrogen (secondary N) is 3. The number of nitrogens with zero attached hydrogens (tertiary/aromatic N) is 2. The third-order valence-corrected chi connectivity index (χ3v) is 6.88. The van der Waals surface area contributed by atoms with Gasteiger partial charge in [-0.05, 0) is 51.8 Å². The second kappa shape index (κ2) is 10.8. The number of rotatable bonds is 7. The molecule has 0 saturated heterocycles. The molecule has 36 heavy (non-hydrogen) atoms. The molecule has 0 saturated carbocycles. The van der Waals surface area contributed by atoms with Gasteiger partial charge in [0.25, 0.3) is 0 Å². The van der Waals surface area contributed by atoms with Gasteiger partial charge in [-0.2, -0.15) is 0 Å². The fraction of sp³-hybridized carbons (Fsp3) is 0.120. The first kappa shape index (κ1) is 23.8. The Hall–Kier alpha value is -3.96. The topological polar surface area (TPSA) is 114 Å². The van der Waals surface area contributed by atoms with Gasteiger partial charge in [0.05, 0.1) is 5.69 Å². The summed E-state index contributed by atoms with van der Waals surface area (Å²) in [6.07, 6.45) is 0.296. The van der Waals surface area contributed by atoms with Gasteiger partial charge in [0.2, 0.25) is 17.8 Å². The minimum Gasteiger partial charge on any atom is -0.454 e. The van der Waals surface area contributed by atoms with Crippen LogP contribution < -0.4 is 25.4 Å². The van der Waals surface area contributed by atoms with E-state index in [1.807, 2.05) is 60.7 Å². The molecule has 1 atom stereocenters. The smallest absolute Gasteiger partial charge is 0.319 e. The van der Waals surface area contributed by atoms with Crippen molar-refractivity contribution in [1.82, 2.24) is 15.5 Å². The van der Waals surface area contributed by atoms with Gasteiger partial charge in [-0.25, -0.2) is 4.79 Å². The van der Waals surface area contributed by atoms with Crippen LogP contribution >= 0.6 is 27.3 Å². The van der Waals surface area contributed by atoms with Gasteiger partial charge in [0.1, 0.15) is 11.0 Å². The van der Waals surface area contributed by atoms with Crippen LogP contribution in [-0.4, -0.2) is 35.0 Å². The molecule has 0 unspecified atom stereocenters. The number of carbonyl (C=O) groups excluding carboxylic acids is 2. The summed E-state index contributed by atoms with van der Waals surface area (Å²) < 4.78 is 11.5. The number of carbonyl (C=O) groups is 2. The molecule has 182 valence electrons. The van der Waals surface area contributed by atoms with Crippen molar-refractivity contribution in [1.29, 1.82) is 0 Å². The third kappa shape index (κ3) is 5.64. The zero-order valence-electron chi connectivity index (χ0n) is 18.7. The monoisotopic (exact) mass is 565 g/mol. The molecule has 3 N–H and O–H groups in total. The predicted molar refractivity (Wildman–Crippen MR) is 140 cm³/mol. The highest BCUT2D eigenvalue weighted by Gasteiger charge is 2.23. The Morgan fingerprint density at radius 2 is 1.72 bits per heavy atom. The van der Waals surface area contributed by atoms with Crippen molar-refractivity contribution in [3.05, 3.63) is 82.8 Å². The summed E-state index contributed by atoms with van der Waals surface area (Å²) in [5, 5.41) is 17.5. The van der Waals surface area contributed by atoms with Crippen molar-refractivity contribution < 1.29 is 19.1 Å². The highest BCUT2D eigenvalue weighted by molar-refractivity contribution is 9.10. The van der Waals surface area contributed by atoms with Gasteiger partial charge < -0.3 is 20.1 Å². The molecule has 0 fully saturated rings. The molecule has 5 rings (SSSR count). The lowest BCUT2D eigenvalue weighted by Gasteiger charge is -2.18. The standard InChI is InChI=1S/C25H20BrN5O4S/c26-17-8-4-5-9-18(17)27-24(33)28-19(12-15-6-2-1-3-7-15)22(32)29-25-31-30-23(36-25)16-10-11-20-21(13-16)35-14-34-20/h1-11,13,19H,12,14H2,(H2,27,28,33)(H,29,31,32)/t19-/m0/s1. The summed E-state index contributed by atoms with van der Waals surface area (Å²) in [4.78, 5) is 25.9. The maximum Gasteiger partial charge on any atom is 0.319 e. The van der Waals surface area contributed by atoms with Crippen molar-refractivity contribution >= 4 is 50.0 Å². The molecule has 0 aliphatic carbocycles. The van der Waals surface area contributed by atoms with E-state index in [0.29, 0.717) is 33.7 Å². The number of hydrogen-bond donors (Lipinski definition) is 3. The number of halogens is 1. The summed E-state index contributed by atoms with van der Waals surface area (Å²) in [7, 11) is 0. The maximum atomic E-state index is 13.2. The number of amides is 3. The number of para-hydroxylation sites is 1. The number of benzene rings is 3. The molecular formula is C25H20BrN5O4S. The number of hydrogen-bond acceptors (Lipinski definition) is 7. The Balaban J connectivity index is 1.30. The molecule has 1 aliphatic heterocycles. The summed E-state index contributed by atoms with van der Waals surface area (Å²) in [6.45, 7) is 0.181. The van der Waals surface area contributed by atoms with Crippen molar-refractivity contribution in [2.75, 3.05) is 17.4 Å². The summed E-state index contributed by atoms with van der Waals surface area (Å²) in [6, 6.07) is 20.8. The minimum atomic E-state index is -0.854. The van der Waals surface area contributed by atoms with E-state index < -0.39 is 18.0 Å². The predicted octanol–water partition coefficient (Wildman–Crippen LogP) is 5.07. The van der Waals surface area contributed by atoms with Gasteiger partial charge >= 0.3 is 6.03 Å². The normalized spacial score (nSPS) is 12.6. The Morgan fingerprint density at radius 3 is 2.56 bits per heavy atom. The van der Waals surface area contributed by atoms with Crippen LogP contribution in [0.2, 0.25) is 0 Å². The Kier molecular flexibility index (Phi) is 7.10. The Morgan fingerprint density at radius 1 is 0.944 bits per heavy atom. The van der Waals surface area contributed by atoms with Crippen molar-refractivity contribution in [2.24, 2.45) is 0 Å². The maximum absolute atomic E-state index is 13.2. The average Bonchev–Trinajstić information content (AvgIpc) is 3.55. The van der Waals surface area contributed by atoms with E-state index in [2.05, 4.69) is 42.1 Å². The van der Waals surface area contributed by atoms with Crippen molar-refractivity contribution in [2.45, 2.75) is 12.5 Å². The molecule has 3 amide bonds. The summed E-state index contributed by atoms with van der Waals surface area (Å²) in [5.41, 5.74) is 2.28. The van der Waals surface area contributed by atoms with E-state index >= 15 is 0 Å². The lowest BCUT2D eigenvalue weighted by molar-refractivity contribution is -0.117. The second-order valence-electron chi connectivity index (χ2n) is 7.79. The zero-order chi connectivity index (χ0) is 24.9. The first-order chi connectivity index (χ1) is 17.5. The number of ether oxygens (including phenoxy) is 2. The number of anilines is 2. The van der Waals surface area contributed by atoms with Crippen molar-refractivity contribution in [3.63, 3.8) is 0 Å². The van der Waals surface area contributed by atoms with E-state index in [0.717, 1.165) is 15.6 Å². The summed E-state index contributed by atoms with van der Waals surface area (Å²) >= 11 is 4.63. The Labute approximate surface area is 219 Å². The molecule has 9 nitrogen and oxygen atoms in total. The van der Waals surface area contributed by atoms with E-state index in [1.165, 1.54) is 11.3 Å². The van der Waals surface area contributed by atoms with Crippen LogP contribution in [0.5, 0.6) is 11.5 Å². The van der Waals surface area contributed by atoms with Crippen LogP contribution in [-0.2, 0) is 11.2 Å². The van der Waals surface area contributed by atoms with E-state index in [4.69, 9.17) is 9.47 Å². The highest BCUT2D eigenvalue weighted by Crippen LogP contribution is 2.37. The fourth-order valence-electron chi connectivity index (χ4n) is 3.55. The fourth-order valence-corrected chi connectivity index (χ4v) is 4.68. The first-order valence-electron chi connectivity index (χ1n) is 11.0. The molecule has 1 aliphatic rings. The molecule has 1 aromatic heterocycles.